The van der Waals surface area contributed by atoms with Crippen LogP contribution in [0.25, 0.3) is 11.1 Å². The molecule has 0 heterocycles. The van der Waals surface area contributed by atoms with Crippen LogP contribution in [0, 0.1) is 0 Å². The molecule has 1 amide bonds. The number of hydrogen-bond acceptors (Lipinski definition) is 4. The van der Waals surface area contributed by atoms with E-state index in [-0.39, 0.29) is 25.5 Å². The van der Waals surface area contributed by atoms with Gasteiger partial charge >= 0.3 is 12.1 Å². The maximum atomic E-state index is 12.6. The van der Waals surface area contributed by atoms with Gasteiger partial charge < -0.3 is 19.5 Å². The number of hydrogen-bond donors (Lipinski definition) is 1. The molecule has 3 rings (SSSR count). The summed E-state index contributed by atoms with van der Waals surface area (Å²) < 4.78 is 10.6. The van der Waals surface area contributed by atoms with E-state index >= 15 is 0 Å². The van der Waals surface area contributed by atoms with Gasteiger partial charge in [0.05, 0.1) is 6.42 Å². The number of methoxy groups -OCH3 is 1. The summed E-state index contributed by atoms with van der Waals surface area (Å²) in [6.07, 6.45) is 0.0246. The lowest BCUT2D eigenvalue weighted by Crippen LogP contribution is -2.35. The largest absolute Gasteiger partial charge is 0.481 e. The molecule has 2 aromatic rings. The van der Waals surface area contributed by atoms with Crippen LogP contribution >= 0.6 is 0 Å². The van der Waals surface area contributed by atoms with Gasteiger partial charge in [-0.1, -0.05) is 48.5 Å². The molecule has 0 spiro atoms. The van der Waals surface area contributed by atoms with Crippen LogP contribution in [-0.4, -0.2) is 55.5 Å². The highest BCUT2D eigenvalue weighted by Crippen LogP contribution is 2.44. The van der Waals surface area contributed by atoms with E-state index in [0.29, 0.717) is 19.6 Å². The molecule has 0 saturated heterocycles. The molecule has 6 nitrogen and oxygen atoms in total. The summed E-state index contributed by atoms with van der Waals surface area (Å²) in [5.74, 6) is -0.958. The van der Waals surface area contributed by atoms with E-state index in [1.165, 1.54) is 16.0 Å². The van der Waals surface area contributed by atoms with E-state index in [9.17, 15) is 9.59 Å². The Morgan fingerprint density at radius 3 is 2.18 bits per heavy atom. The molecule has 0 aliphatic heterocycles. The Hall–Kier alpha value is -2.86. The number of rotatable bonds is 9. The molecule has 1 aliphatic carbocycles. The summed E-state index contributed by atoms with van der Waals surface area (Å²) in [4.78, 5) is 24.9. The molecular formula is C22H25NO5. The minimum Gasteiger partial charge on any atom is -0.481 e. The highest BCUT2D eigenvalue weighted by Gasteiger charge is 2.29. The van der Waals surface area contributed by atoms with Crippen LogP contribution in [0.1, 0.15) is 29.9 Å². The first-order valence-corrected chi connectivity index (χ1v) is 9.42. The SMILES string of the molecule is COCCCN(CCC(=O)O)C(=O)OCC1c2ccccc2-c2ccccc21. The highest BCUT2D eigenvalue weighted by molar-refractivity contribution is 5.79. The first-order valence-electron chi connectivity index (χ1n) is 9.42. The molecule has 0 saturated carbocycles. The number of ether oxygens (including phenoxy) is 2. The first kappa shape index (κ1) is 19.9. The number of nitrogens with zero attached hydrogens (tertiary/aromatic N) is 1. The third kappa shape index (κ3) is 4.51. The van der Waals surface area contributed by atoms with Crippen molar-refractivity contribution in [1.82, 2.24) is 4.90 Å². The maximum Gasteiger partial charge on any atom is 0.409 e. The van der Waals surface area contributed by atoms with Crippen molar-refractivity contribution in [2.75, 3.05) is 33.4 Å². The Balaban J connectivity index is 1.69. The molecule has 148 valence electrons. The van der Waals surface area contributed by atoms with Gasteiger partial charge in [0.1, 0.15) is 6.61 Å². The fraction of sp³-hybridized carbons (Fsp3) is 0.364. The van der Waals surface area contributed by atoms with Gasteiger partial charge in [0, 0.05) is 32.7 Å². The average molecular weight is 383 g/mol. The van der Waals surface area contributed by atoms with Crippen molar-refractivity contribution in [2.24, 2.45) is 0 Å². The van der Waals surface area contributed by atoms with Gasteiger partial charge in [-0.3, -0.25) is 4.79 Å². The Labute approximate surface area is 164 Å². The molecule has 1 N–H and O–H groups in total. The molecule has 0 atom stereocenters. The topological polar surface area (TPSA) is 76.1 Å². The zero-order valence-corrected chi connectivity index (χ0v) is 16.0. The Morgan fingerprint density at radius 1 is 1.00 bits per heavy atom. The summed E-state index contributed by atoms with van der Waals surface area (Å²) in [7, 11) is 1.59. The molecule has 0 aromatic heterocycles. The standard InChI is InChI=1S/C22H25NO5/c1-27-14-6-12-23(13-11-21(24)25)22(26)28-15-20-18-9-4-2-7-16(18)17-8-3-5-10-19(17)20/h2-5,7-10,20H,6,11-15H2,1H3,(H,24,25). The summed E-state index contributed by atoms with van der Waals surface area (Å²) in [6, 6.07) is 16.3. The van der Waals surface area contributed by atoms with Crippen molar-refractivity contribution in [3.8, 4) is 11.1 Å². The zero-order chi connectivity index (χ0) is 19.9. The Bertz CT molecular complexity index is 790. The van der Waals surface area contributed by atoms with Gasteiger partial charge in [-0.05, 0) is 28.7 Å². The third-order valence-corrected chi connectivity index (χ3v) is 4.97. The van der Waals surface area contributed by atoms with Crippen molar-refractivity contribution in [3.63, 3.8) is 0 Å². The number of carbonyl (C=O) groups is 2. The third-order valence-electron chi connectivity index (χ3n) is 4.97. The molecule has 1 aliphatic rings. The number of amides is 1. The maximum absolute atomic E-state index is 12.6. The second-order valence-corrected chi connectivity index (χ2v) is 6.78. The van der Waals surface area contributed by atoms with Gasteiger partial charge in [-0.15, -0.1) is 0 Å². The van der Waals surface area contributed by atoms with Crippen molar-refractivity contribution in [1.29, 1.82) is 0 Å². The summed E-state index contributed by atoms with van der Waals surface area (Å²) in [6.45, 7) is 1.24. The van der Waals surface area contributed by atoms with Crippen molar-refractivity contribution in [3.05, 3.63) is 59.7 Å². The summed E-state index contributed by atoms with van der Waals surface area (Å²) in [5, 5.41) is 8.93. The number of carboxylic acids is 1. The molecule has 28 heavy (non-hydrogen) atoms. The van der Waals surface area contributed by atoms with Gasteiger partial charge in [0.25, 0.3) is 0 Å². The zero-order valence-electron chi connectivity index (χ0n) is 16.0. The Kier molecular flexibility index (Phi) is 6.66. The predicted octanol–water partition coefficient (Wildman–Crippen LogP) is 3.75. The van der Waals surface area contributed by atoms with Crippen molar-refractivity contribution < 1.29 is 24.2 Å². The van der Waals surface area contributed by atoms with Crippen LogP contribution in [0.15, 0.2) is 48.5 Å². The fourth-order valence-electron chi connectivity index (χ4n) is 3.61. The van der Waals surface area contributed by atoms with Crippen LogP contribution < -0.4 is 0 Å². The first-order chi connectivity index (χ1) is 13.6. The fourth-order valence-corrected chi connectivity index (χ4v) is 3.61. The van der Waals surface area contributed by atoms with Crippen molar-refractivity contribution >= 4 is 12.1 Å². The smallest absolute Gasteiger partial charge is 0.409 e. The van der Waals surface area contributed by atoms with Crippen molar-refractivity contribution in [2.45, 2.75) is 18.8 Å². The van der Waals surface area contributed by atoms with E-state index < -0.39 is 12.1 Å². The molecule has 0 bridgehead atoms. The van der Waals surface area contributed by atoms with Gasteiger partial charge in [-0.2, -0.15) is 0 Å². The molecule has 0 radical (unpaired) electrons. The number of carboxylic acid groups (broad SMARTS) is 1. The van der Waals surface area contributed by atoms with E-state index in [1.54, 1.807) is 7.11 Å². The highest BCUT2D eigenvalue weighted by atomic mass is 16.6. The number of aliphatic carboxylic acids is 1. The van der Waals surface area contributed by atoms with E-state index in [4.69, 9.17) is 14.6 Å². The van der Waals surface area contributed by atoms with Crippen LogP contribution in [-0.2, 0) is 14.3 Å². The lowest BCUT2D eigenvalue weighted by Gasteiger charge is -2.23. The minimum absolute atomic E-state index is 0.0170. The van der Waals surface area contributed by atoms with Crippen LogP contribution in [0.3, 0.4) is 0 Å². The lowest BCUT2D eigenvalue weighted by atomic mass is 9.98. The molecule has 2 aromatic carbocycles. The van der Waals surface area contributed by atoms with Crippen LogP contribution in [0.2, 0.25) is 0 Å². The Morgan fingerprint density at radius 2 is 1.61 bits per heavy atom. The van der Waals surface area contributed by atoms with Gasteiger partial charge in [0.2, 0.25) is 0 Å². The van der Waals surface area contributed by atoms with Crippen LogP contribution in [0.4, 0.5) is 4.79 Å². The number of carbonyl (C=O) groups excluding carboxylic acids is 1. The van der Waals surface area contributed by atoms with E-state index in [2.05, 4.69) is 24.3 Å². The van der Waals surface area contributed by atoms with Crippen LogP contribution in [0.5, 0.6) is 0 Å². The second-order valence-electron chi connectivity index (χ2n) is 6.78. The van der Waals surface area contributed by atoms with Gasteiger partial charge in [0.15, 0.2) is 0 Å². The number of benzene rings is 2. The number of fused-ring (bicyclic) bond motifs is 3. The second kappa shape index (κ2) is 9.37. The van der Waals surface area contributed by atoms with Gasteiger partial charge in [-0.25, -0.2) is 4.79 Å². The normalized spacial score (nSPS) is 12.3. The predicted molar refractivity (Wildman–Crippen MR) is 105 cm³/mol. The van der Waals surface area contributed by atoms with E-state index in [0.717, 1.165) is 11.1 Å². The van der Waals surface area contributed by atoms with E-state index in [1.807, 2.05) is 24.3 Å². The molecule has 0 fully saturated rings. The lowest BCUT2D eigenvalue weighted by molar-refractivity contribution is -0.137. The summed E-state index contributed by atoms with van der Waals surface area (Å²) >= 11 is 0. The molecular weight excluding hydrogens is 358 g/mol. The quantitative estimate of drug-likeness (QED) is 0.668. The molecule has 6 heteroatoms. The molecule has 0 unspecified atom stereocenters. The summed E-state index contributed by atoms with van der Waals surface area (Å²) in [5.41, 5.74) is 4.63. The monoisotopic (exact) mass is 383 g/mol. The average Bonchev–Trinajstić information content (AvgIpc) is 3.02. The minimum atomic E-state index is -0.941.